The van der Waals surface area contributed by atoms with Gasteiger partial charge < -0.3 is 30.5 Å². The summed E-state index contributed by atoms with van der Waals surface area (Å²) >= 11 is 3.25. The van der Waals surface area contributed by atoms with Gasteiger partial charge in [0.15, 0.2) is 5.75 Å². The standard InChI is InChI=1S/C35H35BrN4O7/c36-26-16-18-31(30(19-26)40(44)45)46-22-28-21-37-20-27(47-28)17-15-23-9-7-8-14-29(23)38-34(41)33(39-35(42)43)32(24-10-3-1-4-11-24)25-12-5-2-6-13-25/h1-14,16,18-19,27-28,32-33,37,39H,15,17,20-22H2,(H,38,41)(H,42,43)/t27-,28+,33+/m1/s1. The number of rotatable bonds is 13. The highest BCUT2D eigenvalue weighted by Gasteiger charge is 2.33. The molecule has 1 heterocycles. The fraction of sp³-hybridized carbons (Fsp3) is 0.257. The maximum Gasteiger partial charge on any atom is 0.405 e. The molecule has 2 amide bonds. The lowest BCUT2D eigenvalue weighted by molar-refractivity contribution is -0.386. The maximum absolute atomic E-state index is 13.9. The van der Waals surface area contributed by atoms with Crippen LogP contribution in [0, 0.1) is 10.1 Å². The molecule has 1 saturated heterocycles. The van der Waals surface area contributed by atoms with Gasteiger partial charge in [-0.05, 0) is 47.7 Å². The van der Waals surface area contributed by atoms with E-state index in [1.807, 2.05) is 78.9 Å². The highest BCUT2D eigenvalue weighted by atomic mass is 79.9. The zero-order valence-electron chi connectivity index (χ0n) is 25.4. The van der Waals surface area contributed by atoms with E-state index >= 15 is 0 Å². The van der Waals surface area contributed by atoms with Crippen LogP contribution in [0.2, 0.25) is 0 Å². The number of carboxylic acid groups (broad SMARTS) is 1. The molecule has 5 rings (SSSR count). The Balaban J connectivity index is 1.25. The number of morpholine rings is 1. The van der Waals surface area contributed by atoms with E-state index in [-0.39, 0.29) is 30.3 Å². The largest absolute Gasteiger partial charge is 0.484 e. The fourth-order valence-corrected chi connectivity index (χ4v) is 6.05. The van der Waals surface area contributed by atoms with Gasteiger partial charge in [0.1, 0.15) is 18.8 Å². The smallest absolute Gasteiger partial charge is 0.405 e. The van der Waals surface area contributed by atoms with E-state index in [1.165, 1.54) is 6.07 Å². The number of carbonyl (C=O) groups is 2. The first-order valence-corrected chi connectivity index (χ1v) is 16.0. The molecule has 0 saturated carbocycles. The summed E-state index contributed by atoms with van der Waals surface area (Å²) in [5.41, 5.74) is 2.93. The summed E-state index contributed by atoms with van der Waals surface area (Å²) in [6, 6.07) is 29.7. The van der Waals surface area contributed by atoms with Gasteiger partial charge in [0, 0.05) is 35.2 Å². The monoisotopic (exact) mass is 702 g/mol. The summed E-state index contributed by atoms with van der Waals surface area (Å²) in [5, 5.41) is 30.0. The van der Waals surface area contributed by atoms with Crippen molar-refractivity contribution in [1.29, 1.82) is 0 Å². The van der Waals surface area contributed by atoms with E-state index in [0.29, 0.717) is 36.1 Å². The van der Waals surface area contributed by atoms with Crippen molar-refractivity contribution in [2.75, 3.05) is 25.0 Å². The molecule has 12 heteroatoms. The number of para-hydroxylation sites is 1. The minimum atomic E-state index is -1.30. The average Bonchev–Trinajstić information content (AvgIpc) is 3.08. The molecule has 47 heavy (non-hydrogen) atoms. The predicted molar refractivity (Wildman–Crippen MR) is 181 cm³/mol. The van der Waals surface area contributed by atoms with Crippen molar-refractivity contribution in [3.8, 4) is 5.75 Å². The third-order valence-corrected chi connectivity index (χ3v) is 8.39. The van der Waals surface area contributed by atoms with Crippen LogP contribution in [0.1, 0.15) is 29.0 Å². The number of anilines is 1. The number of ether oxygens (including phenoxy) is 2. The van der Waals surface area contributed by atoms with E-state index in [9.17, 15) is 24.8 Å². The van der Waals surface area contributed by atoms with Gasteiger partial charge in [0.25, 0.3) is 0 Å². The molecule has 11 nitrogen and oxygen atoms in total. The number of benzene rings is 4. The van der Waals surface area contributed by atoms with Gasteiger partial charge in [-0.25, -0.2) is 4.79 Å². The second-order valence-corrected chi connectivity index (χ2v) is 12.0. The number of carbonyl (C=O) groups excluding carboxylic acids is 1. The van der Waals surface area contributed by atoms with Crippen LogP contribution in [0.3, 0.4) is 0 Å². The van der Waals surface area contributed by atoms with Crippen molar-refractivity contribution in [3.05, 3.63) is 134 Å². The Morgan fingerprint density at radius 1 is 0.957 bits per heavy atom. The molecule has 4 aromatic carbocycles. The number of nitrogens with one attached hydrogen (secondary N) is 3. The summed E-state index contributed by atoms with van der Waals surface area (Å²) in [6.07, 6.45) is -0.578. The number of aryl methyl sites for hydroxylation is 1. The summed E-state index contributed by atoms with van der Waals surface area (Å²) in [5.74, 6) is -0.876. The van der Waals surface area contributed by atoms with E-state index in [0.717, 1.165) is 16.7 Å². The second kappa shape index (κ2) is 16.2. The first kappa shape index (κ1) is 33.6. The molecule has 0 spiro atoms. The number of nitro benzene ring substituents is 1. The van der Waals surface area contributed by atoms with Crippen molar-refractivity contribution in [1.82, 2.24) is 10.6 Å². The molecule has 1 fully saturated rings. The molecule has 4 aromatic rings. The molecule has 0 aromatic heterocycles. The molecule has 0 unspecified atom stereocenters. The van der Waals surface area contributed by atoms with E-state index in [2.05, 4.69) is 31.9 Å². The van der Waals surface area contributed by atoms with Gasteiger partial charge in [-0.1, -0.05) is 94.8 Å². The van der Waals surface area contributed by atoms with Crippen LogP contribution < -0.4 is 20.7 Å². The zero-order valence-corrected chi connectivity index (χ0v) is 27.0. The van der Waals surface area contributed by atoms with Crippen LogP contribution in [0.4, 0.5) is 16.2 Å². The van der Waals surface area contributed by atoms with Gasteiger partial charge in [0.2, 0.25) is 5.91 Å². The van der Waals surface area contributed by atoms with Crippen LogP contribution in [0.15, 0.2) is 108 Å². The lowest BCUT2D eigenvalue weighted by Crippen LogP contribution is -2.47. The first-order valence-electron chi connectivity index (χ1n) is 15.2. The number of hydrogen-bond acceptors (Lipinski definition) is 7. The Morgan fingerprint density at radius 3 is 2.26 bits per heavy atom. The van der Waals surface area contributed by atoms with Crippen molar-refractivity contribution in [2.24, 2.45) is 0 Å². The predicted octanol–water partition coefficient (Wildman–Crippen LogP) is 6.13. The van der Waals surface area contributed by atoms with Crippen LogP contribution in [0.25, 0.3) is 0 Å². The van der Waals surface area contributed by atoms with Crippen molar-refractivity contribution in [2.45, 2.75) is 37.0 Å². The maximum atomic E-state index is 13.9. The normalized spacial score (nSPS) is 16.6. The number of halogens is 1. The summed E-state index contributed by atoms with van der Waals surface area (Å²) < 4.78 is 12.6. The average molecular weight is 704 g/mol. The Hall–Kier alpha value is -4.78. The van der Waals surface area contributed by atoms with Gasteiger partial charge in [-0.3, -0.25) is 14.9 Å². The molecule has 0 radical (unpaired) electrons. The Bertz CT molecular complexity index is 1640. The SMILES string of the molecule is O=C(O)N[C@H](C(=O)Nc1ccccc1CC[C@@H]1CNC[C@@H](COc2ccc(Br)cc2[N+](=O)[O-])O1)C(c1ccccc1)c1ccccc1. The third-order valence-electron chi connectivity index (χ3n) is 7.89. The topological polar surface area (TPSA) is 152 Å². The summed E-state index contributed by atoms with van der Waals surface area (Å²) in [6.45, 7) is 1.29. The minimum absolute atomic E-state index is 0.127. The van der Waals surface area contributed by atoms with Crippen LogP contribution in [-0.2, 0) is 16.0 Å². The Morgan fingerprint density at radius 2 is 1.60 bits per heavy atom. The minimum Gasteiger partial charge on any atom is -0.484 e. The van der Waals surface area contributed by atoms with Crippen molar-refractivity contribution < 1.29 is 29.1 Å². The first-order chi connectivity index (χ1) is 22.8. The second-order valence-electron chi connectivity index (χ2n) is 11.1. The number of nitro groups is 1. The quantitative estimate of drug-likeness (QED) is 0.0959. The highest BCUT2D eigenvalue weighted by Crippen LogP contribution is 2.31. The molecule has 1 aliphatic heterocycles. The van der Waals surface area contributed by atoms with Crippen LogP contribution in [0.5, 0.6) is 5.75 Å². The van der Waals surface area contributed by atoms with Crippen LogP contribution >= 0.6 is 15.9 Å². The van der Waals surface area contributed by atoms with E-state index < -0.39 is 28.9 Å². The van der Waals surface area contributed by atoms with E-state index in [1.54, 1.807) is 18.2 Å². The number of amides is 2. The van der Waals surface area contributed by atoms with Gasteiger partial charge in [0.05, 0.1) is 11.0 Å². The third kappa shape index (κ3) is 9.16. The molecular formula is C35H35BrN4O7. The van der Waals surface area contributed by atoms with Gasteiger partial charge in [-0.15, -0.1) is 0 Å². The zero-order chi connectivity index (χ0) is 33.2. The van der Waals surface area contributed by atoms with Gasteiger partial charge in [-0.2, -0.15) is 0 Å². The number of hydrogen-bond donors (Lipinski definition) is 4. The Kier molecular flexibility index (Phi) is 11.6. The summed E-state index contributed by atoms with van der Waals surface area (Å²) in [7, 11) is 0. The lowest BCUT2D eigenvalue weighted by atomic mass is 9.84. The van der Waals surface area contributed by atoms with Crippen molar-refractivity contribution >= 4 is 39.3 Å². The van der Waals surface area contributed by atoms with Crippen LogP contribution in [-0.4, -0.2) is 60.0 Å². The van der Waals surface area contributed by atoms with E-state index in [4.69, 9.17) is 9.47 Å². The fourth-order valence-electron chi connectivity index (χ4n) is 5.70. The number of nitrogens with zero attached hydrogens (tertiary/aromatic N) is 1. The molecule has 1 aliphatic rings. The lowest BCUT2D eigenvalue weighted by Gasteiger charge is -2.31. The molecular weight excluding hydrogens is 668 g/mol. The van der Waals surface area contributed by atoms with Crippen molar-refractivity contribution in [3.63, 3.8) is 0 Å². The molecule has 244 valence electrons. The summed E-state index contributed by atoms with van der Waals surface area (Å²) in [4.78, 5) is 36.8. The molecule has 4 N–H and O–H groups in total. The molecule has 0 bridgehead atoms. The Labute approximate surface area is 280 Å². The molecule has 3 atom stereocenters. The molecule has 0 aliphatic carbocycles. The highest BCUT2D eigenvalue weighted by molar-refractivity contribution is 9.10. The van der Waals surface area contributed by atoms with Gasteiger partial charge >= 0.3 is 11.8 Å².